The summed E-state index contributed by atoms with van der Waals surface area (Å²) in [6.45, 7) is 0. The maximum Gasteiger partial charge on any atom is 0.176 e. The topological polar surface area (TPSA) is 30.0 Å². The van der Waals surface area contributed by atoms with E-state index in [-0.39, 0.29) is 11.0 Å². The molecule has 0 N–H and O–H groups in total. The largest absolute Gasteiger partial charge is 0.293 e. The van der Waals surface area contributed by atoms with Gasteiger partial charge in [-0.3, -0.25) is 9.78 Å². The number of rotatable bonds is 2. The SMILES string of the molecule is O=C(c1cccc2ccncc12)C1CCCS1. The van der Waals surface area contributed by atoms with Crippen molar-refractivity contribution in [2.75, 3.05) is 5.75 Å². The van der Waals surface area contributed by atoms with Gasteiger partial charge in [0.2, 0.25) is 0 Å². The number of pyridine rings is 1. The molecule has 86 valence electrons. The molecular weight excluding hydrogens is 230 g/mol. The van der Waals surface area contributed by atoms with Crippen molar-refractivity contribution in [3.63, 3.8) is 0 Å². The minimum Gasteiger partial charge on any atom is -0.293 e. The summed E-state index contributed by atoms with van der Waals surface area (Å²) < 4.78 is 0. The molecule has 1 aliphatic rings. The summed E-state index contributed by atoms with van der Waals surface area (Å²) in [4.78, 5) is 16.5. The molecule has 0 bridgehead atoms. The zero-order chi connectivity index (χ0) is 11.7. The third-order valence-corrected chi connectivity index (χ3v) is 4.55. The number of nitrogens with zero attached hydrogens (tertiary/aromatic N) is 1. The molecule has 2 aromatic rings. The van der Waals surface area contributed by atoms with Crippen LogP contribution < -0.4 is 0 Å². The Morgan fingerprint density at radius 3 is 3.12 bits per heavy atom. The van der Waals surface area contributed by atoms with Crippen LogP contribution in [-0.2, 0) is 0 Å². The third kappa shape index (κ3) is 1.95. The molecule has 17 heavy (non-hydrogen) atoms. The van der Waals surface area contributed by atoms with Gasteiger partial charge in [0.1, 0.15) is 0 Å². The van der Waals surface area contributed by atoms with E-state index >= 15 is 0 Å². The standard InChI is InChI=1S/C14H13NOS/c16-14(13-5-2-8-17-13)11-4-1-3-10-6-7-15-9-12(10)11/h1,3-4,6-7,9,13H,2,5,8H2. The molecular formula is C14H13NOS. The highest BCUT2D eigenvalue weighted by Crippen LogP contribution is 2.30. The quantitative estimate of drug-likeness (QED) is 0.758. The van der Waals surface area contributed by atoms with Crippen molar-refractivity contribution in [1.29, 1.82) is 0 Å². The lowest BCUT2D eigenvalue weighted by Gasteiger charge is -2.09. The van der Waals surface area contributed by atoms with Crippen LogP contribution in [0.15, 0.2) is 36.7 Å². The van der Waals surface area contributed by atoms with Gasteiger partial charge in [0.15, 0.2) is 5.78 Å². The second-order valence-electron chi connectivity index (χ2n) is 4.27. The van der Waals surface area contributed by atoms with Gasteiger partial charge in [-0.2, -0.15) is 11.8 Å². The van der Waals surface area contributed by atoms with E-state index in [2.05, 4.69) is 4.98 Å². The highest BCUT2D eigenvalue weighted by molar-refractivity contribution is 8.00. The van der Waals surface area contributed by atoms with Crippen LogP contribution in [0, 0.1) is 0 Å². The molecule has 2 nitrogen and oxygen atoms in total. The Labute approximate surface area is 104 Å². The molecule has 0 radical (unpaired) electrons. The Bertz CT molecular complexity index is 556. The normalized spacial score (nSPS) is 19.6. The Morgan fingerprint density at radius 1 is 1.35 bits per heavy atom. The second-order valence-corrected chi connectivity index (χ2v) is 5.58. The molecule has 1 fully saturated rings. The molecule has 3 rings (SSSR count). The molecule has 1 aromatic carbocycles. The van der Waals surface area contributed by atoms with Crippen molar-refractivity contribution in [2.24, 2.45) is 0 Å². The molecule has 1 unspecified atom stereocenters. The summed E-state index contributed by atoms with van der Waals surface area (Å²) in [5.41, 5.74) is 0.829. The van der Waals surface area contributed by atoms with E-state index in [1.807, 2.05) is 24.3 Å². The molecule has 0 aliphatic carbocycles. The van der Waals surface area contributed by atoms with Crippen LogP contribution in [0.2, 0.25) is 0 Å². The highest BCUT2D eigenvalue weighted by Gasteiger charge is 2.25. The van der Waals surface area contributed by atoms with Crippen LogP contribution in [0.25, 0.3) is 10.8 Å². The summed E-state index contributed by atoms with van der Waals surface area (Å²) >= 11 is 1.78. The van der Waals surface area contributed by atoms with Gasteiger partial charge < -0.3 is 0 Å². The summed E-state index contributed by atoms with van der Waals surface area (Å²) in [5.74, 6) is 1.38. The number of carbonyl (C=O) groups excluding carboxylic acids is 1. The van der Waals surface area contributed by atoms with E-state index in [4.69, 9.17) is 0 Å². The summed E-state index contributed by atoms with van der Waals surface area (Å²) in [6.07, 6.45) is 5.73. The minimum absolute atomic E-state index is 0.154. The van der Waals surface area contributed by atoms with Crippen molar-refractivity contribution in [3.05, 3.63) is 42.2 Å². The molecule has 1 aromatic heterocycles. The van der Waals surface area contributed by atoms with E-state index in [1.54, 1.807) is 24.2 Å². The van der Waals surface area contributed by atoms with E-state index in [1.165, 1.54) is 0 Å². The van der Waals surface area contributed by atoms with Crippen LogP contribution in [0.4, 0.5) is 0 Å². The molecule has 2 heterocycles. The lowest BCUT2D eigenvalue weighted by molar-refractivity contribution is 0.0990. The van der Waals surface area contributed by atoms with Gasteiger partial charge in [-0.1, -0.05) is 18.2 Å². The van der Waals surface area contributed by atoms with Crippen molar-refractivity contribution in [1.82, 2.24) is 4.98 Å². The molecule has 3 heteroatoms. The number of Topliss-reactive ketones (excluding diaryl/α,β-unsaturated/α-hetero) is 1. The van der Waals surface area contributed by atoms with Crippen LogP contribution in [0.3, 0.4) is 0 Å². The van der Waals surface area contributed by atoms with Crippen molar-refractivity contribution in [3.8, 4) is 0 Å². The maximum atomic E-state index is 12.4. The van der Waals surface area contributed by atoms with Crippen molar-refractivity contribution < 1.29 is 4.79 Å². The van der Waals surface area contributed by atoms with E-state index in [9.17, 15) is 4.79 Å². The van der Waals surface area contributed by atoms with Gasteiger partial charge >= 0.3 is 0 Å². The molecule has 1 atom stereocenters. The monoisotopic (exact) mass is 243 g/mol. The van der Waals surface area contributed by atoms with Crippen molar-refractivity contribution in [2.45, 2.75) is 18.1 Å². The zero-order valence-electron chi connectivity index (χ0n) is 9.43. The first kappa shape index (κ1) is 10.8. The predicted octanol–water partition coefficient (Wildman–Crippen LogP) is 3.31. The zero-order valence-corrected chi connectivity index (χ0v) is 10.2. The van der Waals surface area contributed by atoms with Crippen LogP contribution >= 0.6 is 11.8 Å². The molecule has 1 saturated heterocycles. The van der Waals surface area contributed by atoms with Crippen LogP contribution in [-0.4, -0.2) is 21.8 Å². The number of thioether (sulfide) groups is 1. The Balaban J connectivity index is 2.07. The number of fused-ring (bicyclic) bond motifs is 1. The molecule has 1 aliphatic heterocycles. The first-order valence-electron chi connectivity index (χ1n) is 5.85. The molecule has 0 saturated carbocycles. The summed E-state index contributed by atoms with van der Waals surface area (Å²) in [5, 5.41) is 2.22. The Kier molecular flexibility index (Phi) is 2.85. The number of hydrogen-bond donors (Lipinski definition) is 0. The first-order chi connectivity index (χ1) is 8.36. The Morgan fingerprint density at radius 2 is 2.29 bits per heavy atom. The van der Waals surface area contributed by atoms with Gasteiger partial charge in [0.25, 0.3) is 0 Å². The highest BCUT2D eigenvalue weighted by atomic mass is 32.2. The maximum absolute atomic E-state index is 12.4. The average molecular weight is 243 g/mol. The number of hydrogen-bond acceptors (Lipinski definition) is 3. The van der Waals surface area contributed by atoms with Gasteiger partial charge in [0, 0.05) is 23.3 Å². The Hall–Kier alpha value is -1.35. The second kappa shape index (κ2) is 4.49. The van der Waals surface area contributed by atoms with Gasteiger partial charge in [-0.05, 0) is 30.0 Å². The number of aromatic nitrogens is 1. The average Bonchev–Trinajstić information content (AvgIpc) is 2.91. The fourth-order valence-electron chi connectivity index (χ4n) is 2.29. The number of benzene rings is 1. The third-order valence-electron chi connectivity index (χ3n) is 3.17. The minimum atomic E-state index is 0.154. The van der Waals surface area contributed by atoms with Gasteiger partial charge in [0.05, 0.1) is 5.25 Å². The summed E-state index contributed by atoms with van der Waals surface area (Å²) in [7, 11) is 0. The van der Waals surface area contributed by atoms with E-state index in [0.717, 1.165) is 34.9 Å². The smallest absolute Gasteiger partial charge is 0.176 e. The number of carbonyl (C=O) groups is 1. The lowest BCUT2D eigenvalue weighted by Crippen LogP contribution is -2.14. The van der Waals surface area contributed by atoms with E-state index < -0.39 is 0 Å². The summed E-state index contributed by atoms with van der Waals surface area (Å²) in [6, 6.07) is 7.85. The first-order valence-corrected chi connectivity index (χ1v) is 6.90. The van der Waals surface area contributed by atoms with E-state index in [0.29, 0.717) is 0 Å². The van der Waals surface area contributed by atoms with Gasteiger partial charge in [-0.15, -0.1) is 0 Å². The van der Waals surface area contributed by atoms with Crippen LogP contribution in [0.1, 0.15) is 23.2 Å². The molecule has 0 amide bonds. The predicted molar refractivity (Wildman–Crippen MR) is 71.6 cm³/mol. The van der Waals surface area contributed by atoms with Crippen molar-refractivity contribution >= 4 is 28.3 Å². The van der Waals surface area contributed by atoms with Gasteiger partial charge in [-0.25, -0.2) is 0 Å². The lowest BCUT2D eigenvalue weighted by atomic mass is 10.00. The fraction of sp³-hybridized carbons (Fsp3) is 0.286. The fourth-order valence-corrected chi connectivity index (χ4v) is 3.52. The number of ketones is 1. The van der Waals surface area contributed by atoms with Crippen LogP contribution in [0.5, 0.6) is 0 Å². The molecule has 0 spiro atoms.